The van der Waals surface area contributed by atoms with Crippen molar-refractivity contribution < 1.29 is 9.90 Å². The highest BCUT2D eigenvalue weighted by atomic mass is 16.4. The fraction of sp³-hybridized carbons (Fsp3) is 0.438. The van der Waals surface area contributed by atoms with Gasteiger partial charge in [0, 0.05) is 6.42 Å². The Morgan fingerprint density at radius 1 is 1.44 bits per heavy atom. The van der Waals surface area contributed by atoms with Gasteiger partial charge in [0.05, 0.1) is 5.41 Å². The van der Waals surface area contributed by atoms with E-state index in [4.69, 9.17) is 6.42 Å². The number of terminal acetylenes is 1. The van der Waals surface area contributed by atoms with Crippen LogP contribution in [-0.4, -0.2) is 11.1 Å². The topological polar surface area (TPSA) is 37.3 Å². The maximum Gasteiger partial charge on any atom is 0.314 e. The van der Waals surface area contributed by atoms with E-state index in [9.17, 15) is 9.90 Å². The van der Waals surface area contributed by atoms with Gasteiger partial charge in [-0.05, 0) is 43.2 Å². The molecule has 1 aliphatic carbocycles. The SMILES string of the molecule is C#CCCCC1(C(=O)O)CCCc2ccccc21. The van der Waals surface area contributed by atoms with Gasteiger partial charge in [0.1, 0.15) is 0 Å². The minimum atomic E-state index is -0.717. The molecule has 0 bridgehead atoms. The summed E-state index contributed by atoms with van der Waals surface area (Å²) >= 11 is 0. The lowest BCUT2D eigenvalue weighted by atomic mass is 9.67. The molecule has 0 aliphatic heterocycles. The number of aryl methyl sites for hydroxylation is 1. The summed E-state index contributed by atoms with van der Waals surface area (Å²) in [6.07, 6.45) is 9.98. The highest BCUT2D eigenvalue weighted by Crippen LogP contribution is 2.41. The van der Waals surface area contributed by atoms with Crippen LogP contribution in [0, 0.1) is 12.3 Å². The molecule has 1 N–H and O–H groups in total. The van der Waals surface area contributed by atoms with E-state index in [1.54, 1.807) is 0 Å². The Morgan fingerprint density at radius 3 is 2.94 bits per heavy atom. The summed E-state index contributed by atoms with van der Waals surface area (Å²) in [6, 6.07) is 7.94. The molecule has 94 valence electrons. The summed E-state index contributed by atoms with van der Waals surface area (Å²) < 4.78 is 0. The van der Waals surface area contributed by atoms with Crippen LogP contribution in [0.4, 0.5) is 0 Å². The number of carboxylic acid groups (broad SMARTS) is 1. The molecule has 0 saturated heterocycles. The Bertz CT molecular complexity index is 484. The molecule has 2 heteroatoms. The molecular weight excluding hydrogens is 224 g/mol. The molecule has 0 spiro atoms. The van der Waals surface area contributed by atoms with Gasteiger partial charge < -0.3 is 5.11 Å². The first-order chi connectivity index (χ1) is 8.70. The van der Waals surface area contributed by atoms with Crippen LogP contribution in [0.25, 0.3) is 0 Å². The van der Waals surface area contributed by atoms with Crippen LogP contribution >= 0.6 is 0 Å². The Hall–Kier alpha value is -1.75. The largest absolute Gasteiger partial charge is 0.481 e. The molecule has 1 unspecified atom stereocenters. The highest BCUT2D eigenvalue weighted by molar-refractivity contribution is 5.82. The van der Waals surface area contributed by atoms with Crippen LogP contribution < -0.4 is 0 Å². The van der Waals surface area contributed by atoms with Crippen LogP contribution in [0.3, 0.4) is 0 Å². The average Bonchev–Trinajstić information content (AvgIpc) is 2.39. The second-order valence-electron chi connectivity index (χ2n) is 4.96. The minimum Gasteiger partial charge on any atom is -0.481 e. The monoisotopic (exact) mass is 242 g/mol. The number of unbranched alkanes of at least 4 members (excludes halogenated alkanes) is 1. The first-order valence-electron chi connectivity index (χ1n) is 6.46. The third-order valence-electron chi connectivity index (χ3n) is 3.92. The molecular formula is C16H18O2. The van der Waals surface area contributed by atoms with Crippen LogP contribution in [-0.2, 0) is 16.6 Å². The average molecular weight is 242 g/mol. The third-order valence-corrected chi connectivity index (χ3v) is 3.92. The molecule has 2 nitrogen and oxygen atoms in total. The molecule has 0 radical (unpaired) electrons. The van der Waals surface area contributed by atoms with Gasteiger partial charge in [0.25, 0.3) is 0 Å². The van der Waals surface area contributed by atoms with Crippen molar-refractivity contribution in [2.24, 2.45) is 0 Å². The van der Waals surface area contributed by atoms with Crippen molar-refractivity contribution >= 4 is 5.97 Å². The van der Waals surface area contributed by atoms with Gasteiger partial charge in [0.2, 0.25) is 0 Å². The zero-order valence-corrected chi connectivity index (χ0v) is 10.5. The summed E-state index contributed by atoms with van der Waals surface area (Å²) in [5.74, 6) is 1.89. The number of carbonyl (C=O) groups is 1. The molecule has 0 heterocycles. The van der Waals surface area contributed by atoms with E-state index in [-0.39, 0.29) is 0 Å². The lowest BCUT2D eigenvalue weighted by molar-refractivity contribution is -0.145. The smallest absolute Gasteiger partial charge is 0.314 e. The molecule has 2 rings (SSSR count). The molecule has 1 atom stereocenters. The van der Waals surface area contributed by atoms with Gasteiger partial charge in [-0.3, -0.25) is 4.79 Å². The fourth-order valence-corrected chi connectivity index (χ4v) is 3.00. The third kappa shape index (κ3) is 2.13. The number of rotatable bonds is 4. The van der Waals surface area contributed by atoms with E-state index in [0.717, 1.165) is 31.2 Å². The first kappa shape index (κ1) is 12.7. The van der Waals surface area contributed by atoms with Crippen LogP contribution in [0.5, 0.6) is 0 Å². The lowest BCUT2D eigenvalue weighted by Gasteiger charge is -2.35. The summed E-state index contributed by atoms with van der Waals surface area (Å²) in [5, 5.41) is 9.68. The van der Waals surface area contributed by atoms with Crippen molar-refractivity contribution in [1.82, 2.24) is 0 Å². The normalized spacial score (nSPS) is 21.9. The number of hydrogen-bond acceptors (Lipinski definition) is 1. The van der Waals surface area contributed by atoms with E-state index in [1.807, 2.05) is 24.3 Å². The van der Waals surface area contributed by atoms with E-state index in [1.165, 1.54) is 5.56 Å². The van der Waals surface area contributed by atoms with Gasteiger partial charge in [-0.25, -0.2) is 0 Å². The Balaban J connectivity index is 2.37. The van der Waals surface area contributed by atoms with Gasteiger partial charge in [0.15, 0.2) is 0 Å². The Labute approximate surface area is 108 Å². The highest BCUT2D eigenvalue weighted by Gasteiger charge is 2.42. The van der Waals surface area contributed by atoms with Gasteiger partial charge >= 0.3 is 5.97 Å². The zero-order valence-electron chi connectivity index (χ0n) is 10.5. The molecule has 1 aromatic carbocycles. The van der Waals surface area contributed by atoms with E-state index < -0.39 is 11.4 Å². The minimum absolute atomic E-state index is 0.642. The summed E-state index contributed by atoms with van der Waals surface area (Å²) in [4.78, 5) is 11.8. The molecule has 1 aromatic rings. The Morgan fingerprint density at radius 2 is 2.22 bits per heavy atom. The first-order valence-corrected chi connectivity index (χ1v) is 6.46. The number of carboxylic acids is 1. The van der Waals surface area contributed by atoms with E-state index in [2.05, 4.69) is 5.92 Å². The van der Waals surface area contributed by atoms with Gasteiger partial charge in [-0.1, -0.05) is 24.3 Å². The lowest BCUT2D eigenvalue weighted by Crippen LogP contribution is -2.39. The van der Waals surface area contributed by atoms with Crippen LogP contribution in [0.1, 0.15) is 43.2 Å². The van der Waals surface area contributed by atoms with Crippen molar-refractivity contribution in [3.8, 4) is 12.3 Å². The standard InChI is InChI=1S/C16H18O2/c1-2-3-6-11-16(15(17)18)12-7-9-13-8-4-5-10-14(13)16/h1,4-5,8,10H,3,6-7,9,11-12H2,(H,17,18). The number of aliphatic carboxylic acids is 1. The van der Waals surface area contributed by atoms with Gasteiger partial charge in [-0.15, -0.1) is 12.3 Å². The zero-order chi connectivity index (χ0) is 13.0. The molecule has 0 fully saturated rings. The van der Waals surface area contributed by atoms with Crippen molar-refractivity contribution in [3.63, 3.8) is 0 Å². The van der Waals surface area contributed by atoms with Crippen LogP contribution in [0.2, 0.25) is 0 Å². The van der Waals surface area contributed by atoms with Crippen LogP contribution in [0.15, 0.2) is 24.3 Å². The van der Waals surface area contributed by atoms with Crippen molar-refractivity contribution in [3.05, 3.63) is 35.4 Å². The number of fused-ring (bicyclic) bond motifs is 1. The quantitative estimate of drug-likeness (QED) is 0.650. The molecule has 18 heavy (non-hydrogen) atoms. The fourth-order valence-electron chi connectivity index (χ4n) is 3.00. The Kier molecular flexibility index (Phi) is 3.72. The molecule has 1 aliphatic rings. The number of benzene rings is 1. The maximum absolute atomic E-state index is 11.8. The molecule has 0 aromatic heterocycles. The summed E-state index contributed by atoms with van der Waals surface area (Å²) in [7, 11) is 0. The second kappa shape index (κ2) is 5.27. The molecule has 0 amide bonds. The summed E-state index contributed by atoms with van der Waals surface area (Å²) in [5.41, 5.74) is 1.47. The predicted molar refractivity (Wildman–Crippen MR) is 71.4 cm³/mol. The van der Waals surface area contributed by atoms with Crippen molar-refractivity contribution in [2.75, 3.05) is 0 Å². The van der Waals surface area contributed by atoms with Crippen molar-refractivity contribution in [2.45, 2.75) is 43.9 Å². The van der Waals surface area contributed by atoms with Crippen molar-refractivity contribution in [1.29, 1.82) is 0 Å². The second-order valence-corrected chi connectivity index (χ2v) is 4.96. The number of hydrogen-bond donors (Lipinski definition) is 1. The summed E-state index contributed by atoms with van der Waals surface area (Å²) in [6.45, 7) is 0. The maximum atomic E-state index is 11.8. The van der Waals surface area contributed by atoms with E-state index in [0.29, 0.717) is 12.8 Å². The molecule has 0 saturated carbocycles. The predicted octanol–water partition coefficient (Wildman–Crippen LogP) is 3.15. The van der Waals surface area contributed by atoms with Gasteiger partial charge in [-0.2, -0.15) is 0 Å². The van der Waals surface area contributed by atoms with E-state index >= 15 is 0 Å².